The molecule has 0 radical (unpaired) electrons. The van der Waals surface area contributed by atoms with Gasteiger partial charge in [-0.1, -0.05) is 28.1 Å². The standard InChI is InChI=1S/C16H19BrN4/c1-20(2)15-10-21(11-15)9-14-7-8-16(19-18-14)12-3-5-13(17)6-4-12/h3-8,15H,9-11H2,1-2H3. The number of likely N-dealkylation sites (tertiary alicyclic amines) is 1. The van der Waals surface area contributed by atoms with Gasteiger partial charge in [0.25, 0.3) is 0 Å². The van der Waals surface area contributed by atoms with Gasteiger partial charge in [0.05, 0.1) is 11.4 Å². The van der Waals surface area contributed by atoms with E-state index in [1.807, 2.05) is 24.3 Å². The number of hydrogen-bond acceptors (Lipinski definition) is 4. The van der Waals surface area contributed by atoms with Crippen LogP contribution in [0, 0.1) is 0 Å². The Bertz CT molecular complexity index is 589. The second kappa shape index (κ2) is 6.22. The molecule has 21 heavy (non-hydrogen) atoms. The Morgan fingerprint density at radius 2 is 1.81 bits per heavy atom. The molecule has 1 fully saturated rings. The number of hydrogen-bond donors (Lipinski definition) is 0. The molecule has 0 saturated carbocycles. The van der Waals surface area contributed by atoms with Crippen LogP contribution in [-0.4, -0.2) is 53.2 Å². The van der Waals surface area contributed by atoms with E-state index in [1.54, 1.807) is 0 Å². The summed E-state index contributed by atoms with van der Waals surface area (Å²) in [5.41, 5.74) is 3.04. The third-order valence-corrected chi connectivity index (χ3v) is 4.44. The van der Waals surface area contributed by atoms with Crippen molar-refractivity contribution in [3.05, 3.63) is 46.6 Å². The van der Waals surface area contributed by atoms with E-state index in [2.05, 4.69) is 62.2 Å². The van der Waals surface area contributed by atoms with Crippen LogP contribution < -0.4 is 0 Å². The smallest absolute Gasteiger partial charge is 0.0929 e. The van der Waals surface area contributed by atoms with E-state index < -0.39 is 0 Å². The third kappa shape index (κ3) is 3.48. The normalized spacial score (nSPS) is 16.2. The average Bonchev–Trinajstić information content (AvgIpc) is 2.43. The van der Waals surface area contributed by atoms with E-state index in [0.29, 0.717) is 6.04 Å². The lowest BCUT2D eigenvalue weighted by atomic mass is 10.1. The molecule has 0 amide bonds. The molecule has 3 rings (SSSR count). The molecule has 2 heterocycles. The topological polar surface area (TPSA) is 32.3 Å². The first kappa shape index (κ1) is 14.6. The fourth-order valence-electron chi connectivity index (χ4n) is 2.45. The first-order valence-electron chi connectivity index (χ1n) is 7.09. The molecule has 0 spiro atoms. The minimum Gasteiger partial charge on any atom is -0.304 e. The summed E-state index contributed by atoms with van der Waals surface area (Å²) in [6.07, 6.45) is 0. The van der Waals surface area contributed by atoms with E-state index in [0.717, 1.165) is 41.1 Å². The molecular weight excluding hydrogens is 328 g/mol. The Kier molecular flexibility index (Phi) is 4.33. The minimum atomic E-state index is 0.681. The summed E-state index contributed by atoms with van der Waals surface area (Å²) >= 11 is 3.44. The van der Waals surface area contributed by atoms with Crippen molar-refractivity contribution in [1.82, 2.24) is 20.0 Å². The van der Waals surface area contributed by atoms with Gasteiger partial charge < -0.3 is 4.90 Å². The number of likely N-dealkylation sites (N-methyl/N-ethyl adjacent to an activating group) is 1. The van der Waals surface area contributed by atoms with Crippen molar-refractivity contribution in [2.75, 3.05) is 27.2 Å². The third-order valence-electron chi connectivity index (χ3n) is 3.91. The molecule has 1 aromatic carbocycles. The summed E-state index contributed by atoms with van der Waals surface area (Å²) in [5, 5.41) is 8.69. The summed E-state index contributed by atoms with van der Waals surface area (Å²) in [7, 11) is 4.27. The summed E-state index contributed by atoms with van der Waals surface area (Å²) in [6.45, 7) is 3.12. The lowest BCUT2D eigenvalue weighted by Crippen LogP contribution is -2.56. The zero-order chi connectivity index (χ0) is 14.8. The zero-order valence-electron chi connectivity index (χ0n) is 12.3. The quantitative estimate of drug-likeness (QED) is 0.851. The maximum atomic E-state index is 4.35. The number of rotatable bonds is 4. The van der Waals surface area contributed by atoms with E-state index in [-0.39, 0.29) is 0 Å². The predicted octanol–water partition coefficient (Wildman–Crippen LogP) is 2.65. The van der Waals surface area contributed by atoms with Gasteiger partial charge in [-0.3, -0.25) is 4.90 Å². The number of nitrogens with zero attached hydrogens (tertiary/aromatic N) is 4. The first-order valence-corrected chi connectivity index (χ1v) is 7.88. The lowest BCUT2D eigenvalue weighted by Gasteiger charge is -2.42. The Morgan fingerprint density at radius 3 is 2.38 bits per heavy atom. The van der Waals surface area contributed by atoms with Gasteiger partial charge >= 0.3 is 0 Å². The molecular formula is C16H19BrN4. The predicted molar refractivity (Wildman–Crippen MR) is 87.9 cm³/mol. The van der Waals surface area contributed by atoms with Crippen molar-refractivity contribution >= 4 is 15.9 Å². The highest BCUT2D eigenvalue weighted by Crippen LogP contribution is 2.20. The van der Waals surface area contributed by atoms with Crippen LogP contribution >= 0.6 is 15.9 Å². The molecule has 0 bridgehead atoms. The molecule has 1 aliphatic rings. The van der Waals surface area contributed by atoms with Crippen LogP contribution in [0.2, 0.25) is 0 Å². The summed E-state index contributed by atoms with van der Waals surface area (Å²) in [5.74, 6) is 0. The van der Waals surface area contributed by atoms with Gasteiger partial charge in [-0.2, -0.15) is 10.2 Å². The Hall–Kier alpha value is -1.30. The Balaban J connectivity index is 1.61. The molecule has 1 aromatic heterocycles. The second-order valence-corrected chi connectivity index (χ2v) is 6.64. The van der Waals surface area contributed by atoms with E-state index in [9.17, 15) is 0 Å². The second-order valence-electron chi connectivity index (χ2n) is 5.73. The van der Waals surface area contributed by atoms with Gasteiger partial charge in [0, 0.05) is 35.7 Å². The molecule has 0 aliphatic carbocycles. The largest absolute Gasteiger partial charge is 0.304 e. The van der Waals surface area contributed by atoms with Crippen molar-refractivity contribution in [2.45, 2.75) is 12.6 Å². The molecule has 5 heteroatoms. The lowest BCUT2D eigenvalue weighted by molar-refractivity contribution is 0.0562. The van der Waals surface area contributed by atoms with Gasteiger partial charge in [0.15, 0.2) is 0 Å². The van der Waals surface area contributed by atoms with Gasteiger partial charge in [0.2, 0.25) is 0 Å². The maximum Gasteiger partial charge on any atom is 0.0929 e. The van der Waals surface area contributed by atoms with Crippen molar-refractivity contribution in [2.24, 2.45) is 0 Å². The highest BCUT2D eigenvalue weighted by molar-refractivity contribution is 9.10. The van der Waals surface area contributed by atoms with Crippen molar-refractivity contribution in [1.29, 1.82) is 0 Å². The van der Waals surface area contributed by atoms with Gasteiger partial charge in [-0.25, -0.2) is 0 Å². The summed E-state index contributed by atoms with van der Waals surface area (Å²) in [4.78, 5) is 4.67. The van der Waals surface area contributed by atoms with Crippen molar-refractivity contribution in [3.8, 4) is 11.3 Å². The molecule has 1 saturated heterocycles. The molecule has 4 nitrogen and oxygen atoms in total. The average molecular weight is 347 g/mol. The number of halogens is 1. The van der Waals surface area contributed by atoms with Crippen LogP contribution in [0.1, 0.15) is 5.69 Å². The van der Waals surface area contributed by atoms with E-state index in [4.69, 9.17) is 0 Å². The van der Waals surface area contributed by atoms with Crippen LogP contribution in [0.4, 0.5) is 0 Å². The first-order chi connectivity index (χ1) is 10.1. The summed E-state index contributed by atoms with van der Waals surface area (Å²) < 4.78 is 1.07. The maximum absolute atomic E-state index is 4.35. The van der Waals surface area contributed by atoms with Crippen molar-refractivity contribution < 1.29 is 0 Å². The highest BCUT2D eigenvalue weighted by Gasteiger charge is 2.28. The molecule has 110 valence electrons. The monoisotopic (exact) mass is 346 g/mol. The van der Waals surface area contributed by atoms with Crippen LogP contribution in [0.3, 0.4) is 0 Å². The van der Waals surface area contributed by atoms with Crippen LogP contribution in [0.5, 0.6) is 0 Å². The Labute approximate surface area is 133 Å². The molecule has 1 aliphatic heterocycles. The SMILES string of the molecule is CN(C)C1CN(Cc2ccc(-c3ccc(Br)cc3)nn2)C1. The van der Waals surface area contributed by atoms with Crippen LogP contribution in [-0.2, 0) is 6.54 Å². The van der Waals surface area contributed by atoms with Crippen LogP contribution in [0.15, 0.2) is 40.9 Å². The Morgan fingerprint density at radius 1 is 1.10 bits per heavy atom. The fourth-order valence-corrected chi connectivity index (χ4v) is 2.71. The van der Waals surface area contributed by atoms with Crippen molar-refractivity contribution in [3.63, 3.8) is 0 Å². The number of aromatic nitrogens is 2. The van der Waals surface area contributed by atoms with Gasteiger partial charge in [-0.05, 0) is 38.4 Å². The summed E-state index contributed by atoms with van der Waals surface area (Å²) in [6, 6.07) is 12.9. The van der Waals surface area contributed by atoms with Gasteiger partial charge in [-0.15, -0.1) is 0 Å². The van der Waals surface area contributed by atoms with E-state index >= 15 is 0 Å². The molecule has 0 unspecified atom stereocenters. The molecule has 0 atom stereocenters. The number of benzene rings is 1. The zero-order valence-corrected chi connectivity index (χ0v) is 13.9. The van der Waals surface area contributed by atoms with Crippen LogP contribution in [0.25, 0.3) is 11.3 Å². The fraction of sp³-hybridized carbons (Fsp3) is 0.375. The van der Waals surface area contributed by atoms with Gasteiger partial charge in [0.1, 0.15) is 0 Å². The molecule has 2 aromatic rings. The minimum absolute atomic E-state index is 0.681. The van der Waals surface area contributed by atoms with E-state index in [1.165, 1.54) is 0 Å². The molecule has 0 N–H and O–H groups in total. The highest BCUT2D eigenvalue weighted by atomic mass is 79.9.